The second kappa shape index (κ2) is 8.22. The van der Waals surface area contributed by atoms with Crippen molar-refractivity contribution >= 4 is 40.2 Å². The molecule has 9 nitrogen and oxygen atoms in total. The third kappa shape index (κ3) is 3.96. The summed E-state index contributed by atoms with van der Waals surface area (Å²) in [7, 11) is 1.51. The molecule has 1 atom stereocenters. The minimum atomic E-state index is -1.03. The summed E-state index contributed by atoms with van der Waals surface area (Å²) in [6.07, 6.45) is 3.49. The predicted octanol–water partition coefficient (Wildman–Crippen LogP) is 3.91. The zero-order chi connectivity index (χ0) is 20.4. The maximum atomic E-state index is 11.3. The van der Waals surface area contributed by atoms with E-state index in [-0.39, 0.29) is 11.5 Å². The molecule has 1 fully saturated rings. The van der Waals surface area contributed by atoms with E-state index in [9.17, 15) is 9.90 Å². The average Bonchev–Trinajstić information content (AvgIpc) is 3.16. The number of rotatable bonds is 5. The number of fused-ring (bicyclic) bond motifs is 1. The molecule has 0 spiro atoms. The Labute approximate surface area is 172 Å². The van der Waals surface area contributed by atoms with Crippen LogP contribution in [0.5, 0.6) is 0 Å². The van der Waals surface area contributed by atoms with Gasteiger partial charge in [-0.3, -0.25) is 4.90 Å². The van der Waals surface area contributed by atoms with Crippen molar-refractivity contribution in [2.45, 2.75) is 32.0 Å². The van der Waals surface area contributed by atoms with Crippen LogP contribution in [0.3, 0.4) is 0 Å². The molecule has 29 heavy (non-hydrogen) atoms. The van der Waals surface area contributed by atoms with E-state index in [0.717, 1.165) is 30.2 Å². The van der Waals surface area contributed by atoms with E-state index in [1.165, 1.54) is 11.9 Å². The van der Waals surface area contributed by atoms with Crippen molar-refractivity contribution in [1.82, 2.24) is 19.7 Å². The SMILES string of the molecule is CN(C(=O)O)c1ccccc1CNc1nc(Cl)nc2c1cnn2C1CCCCO1. The first-order valence-corrected chi connectivity index (χ1v) is 9.73. The number of nitrogens with one attached hydrogen (secondary N) is 1. The van der Waals surface area contributed by atoms with Crippen LogP contribution in [0.1, 0.15) is 31.1 Å². The smallest absolute Gasteiger partial charge is 0.411 e. The number of carboxylic acid groups (broad SMARTS) is 1. The molecule has 3 aromatic rings. The summed E-state index contributed by atoms with van der Waals surface area (Å²) < 4.78 is 7.57. The molecule has 1 amide bonds. The lowest BCUT2D eigenvalue weighted by Crippen LogP contribution is -2.25. The third-order valence-electron chi connectivity index (χ3n) is 4.94. The van der Waals surface area contributed by atoms with Crippen LogP contribution in [0.2, 0.25) is 5.28 Å². The van der Waals surface area contributed by atoms with Crippen LogP contribution in [-0.4, -0.2) is 44.6 Å². The number of carbonyl (C=O) groups is 1. The number of hydrogen-bond donors (Lipinski definition) is 2. The zero-order valence-corrected chi connectivity index (χ0v) is 16.6. The summed E-state index contributed by atoms with van der Waals surface area (Å²) in [6.45, 7) is 1.06. The summed E-state index contributed by atoms with van der Waals surface area (Å²) in [4.78, 5) is 21.2. The summed E-state index contributed by atoms with van der Waals surface area (Å²) in [5.74, 6) is 0.537. The fraction of sp³-hybridized carbons (Fsp3) is 0.368. The Morgan fingerprint density at radius 3 is 2.97 bits per heavy atom. The van der Waals surface area contributed by atoms with E-state index in [4.69, 9.17) is 16.3 Å². The van der Waals surface area contributed by atoms with Crippen molar-refractivity contribution in [1.29, 1.82) is 0 Å². The molecule has 2 N–H and O–H groups in total. The lowest BCUT2D eigenvalue weighted by Gasteiger charge is -2.23. The molecule has 1 unspecified atom stereocenters. The van der Waals surface area contributed by atoms with Gasteiger partial charge in [-0.2, -0.15) is 15.1 Å². The minimum absolute atomic E-state index is 0.105. The van der Waals surface area contributed by atoms with E-state index < -0.39 is 6.09 Å². The molecule has 3 heterocycles. The molecular weight excluding hydrogens is 396 g/mol. The molecule has 1 aromatic carbocycles. The van der Waals surface area contributed by atoms with E-state index >= 15 is 0 Å². The molecule has 0 saturated carbocycles. The molecule has 0 bridgehead atoms. The molecule has 4 rings (SSSR count). The fourth-order valence-corrected chi connectivity index (χ4v) is 3.60. The highest BCUT2D eigenvalue weighted by atomic mass is 35.5. The molecule has 0 aliphatic carbocycles. The van der Waals surface area contributed by atoms with Gasteiger partial charge in [-0.05, 0) is 42.5 Å². The predicted molar refractivity (Wildman–Crippen MR) is 109 cm³/mol. The molecule has 0 radical (unpaired) electrons. The molecule has 10 heteroatoms. The van der Waals surface area contributed by atoms with Gasteiger partial charge >= 0.3 is 6.09 Å². The summed E-state index contributed by atoms with van der Waals surface area (Å²) in [5.41, 5.74) is 2.01. The number of hydrogen-bond acceptors (Lipinski definition) is 6. The maximum absolute atomic E-state index is 11.3. The first-order chi connectivity index (χ1) is 14.0. The lowest BCUT2D eigenvalue weighted by atomic mass is 10.1. The number of nitrogens with zero attached hydrogens (tertiary/aromatic N) is 5. The Hall–Kier alpha value is -2.91. The second-order valence-electron chi connectivity index (χ2n) is 6.81. The van der Waals surface area contributed by atoms with E-state index in [2.05, 4.69) is 20.4 Å². The highest BCUT2D eigenvalue weighted by Gasteiger charge is 2.21. The normalized spacial score (nSPS) is 16.7. The van der Waals surface area contributed by atoms with E-state index in [1.807, 2.05) is 12.1 Å². The molecular formula is C19H21ClN6O3. The monoisotopic (exact) mass is 416 g/mol. The standard InChI is InChI=1S/C19H21ClN6O3/c1-25(19(27)28)14-7-3-2-6-12(14)10-21-16-13-11-22-26(15-8-4-5-9-29-15)17(13)24-18(20)23-16/h2-3,6-7,11,15H,4-5,8-10H2,1H3,(H,27,28)(H,21,23,24). The van der Waals surface area contributed by atoms with Gasteiger partial charge in [-0.25, -0.2) is 9.48 Å². The van der Waals surface area contributed by atoms with Crippen LogP contribution in [0.25, 0.3) is 11.0 Å². The number of ether oxygens (including phenoxy) is 1. The Morgan fingerprint density at radius 2 is 2.21 bits per heavy atom. The van der Waals surface area contributed by atoms with Crippen molar-refractivity contribution in [3.05, 3.63) is 41.3 Å². The van der Waals surface area contributed by atoms with Crippen LogP contribution in [0.15, 0.2) is 30.5 Å². The zero-order valence-electron chi connectivity index (χ0n) is 15.9. The Balaban J connectivity index is 1.63. The van der Waals surface area contributed by atoms with Gasteiger partial charge in [0.25, 0.3) is 0 Å². The highest BCUT2D eigenvalue weighted by molar-refractivity contribution is 6.28. The van der Waals surface area contributed by atoms with Crippen molar-refractivity contribution in [3.63, 3.8) is 0 Å². The van der Waals surface area contributed by atoms with Crippen molar-refractivity contribution in [2.75, 3.05) is 23.9 Å². The van der Waals surface area contributed by atoms with Gasteiger partial charge in [0.1, 0.15) is 5.82 Å². The van der Waals surface area contributed by atoms with Crippen LogP contribution in [0.4, 0.5) is 16.3 Å². The Morgan fingerprint density at radius 1 is 1.38 bits per heavy atom. The van der Waals surface area contributed by atoms with Crippen molar-refractivity contribution in [2.24, 2.45) is 0 Å². The van der Waals surface area contributed by atoms with Gasteiger partial charge in [0.05, 0.1) is 17.3 Å². The highest BCUT2D eigenvalue weighted by Crippen LogP contribution is 2.29. The Kier molecular flexibility index (Phi) is 5.50. The summed E-state index contributed by atoms with van der Waals surface area (Å²) >= 11 is 6.17. The first-order valence-electron chi connectivity index (χ1n) is 9.35. The van der Waals surface area contributed by atoms with Gasteiger partial charge < -0.3 is 15.2 Å². The van der Waals surface area contributed by atoms with Crippen molar-refractivity contribution in [3.8, 4) is 0 Å². The molecule has 1 saturated heterocycles. The summed E-state index contributed by atoms with van der Waals surface area (Å²) in [5, 5.41) is 17.8. The molecule has 2 aromatic heterocycles. The van der Waals surface area contributed by atoms with Gasteiger partial charge in [0, 0.05) is 20.2 Å². The van der Waals surface area contributed by atoms with Gasteiger partial charge in [0.2, 0.25) is 5.28 Å². The summed E-state index contributed by atoms with van der Waals surface area (Å²) in [6, 6.07) is 7.27. The largest absolute Gasteiger partial charge is 0.465 e. The van der Waals surface area contributed by atoms with Gasteiger partial charge in [0.15, 0.2) is 11.9 Å². The number of para-hydroxylation sites is 1. The second-order valence-corrected chi connectivity index (χ2v) is 7.15. The minimum Gasteiger partial charge on any atom is -0.465 e. The van der Waals surface area contributed by atoms with Gasteiger partial charge in [-0.1, -0.05) is 18.2 Å². The molecule has 1 aliphatic heterocycles. The number of aromatic nitrogens is 4. The molecule has 1 aliphatic rings. The fourth-order valence-electron chi connectivity index (χ4n) is 3.43. The number of benzene rings is 1. The maximum Gasteiger partial charge on any atom is 0.411 e. The van der Waals surface area contributed by atoms with E-state index in [1.54, 1.807) is 23.0 Å². The average molecular weight is 417 g/mol. The van der Waals surface area contributed by atoms with Crippen molar-refractivity contribution < 1.29 is 14.6 Å². The number of halogens is 1. The van der Waals surface area contributed by atoms with Crippen LogP contribution in [0, 0.1) is 0 Å². The molecule has 152 valence electrons. The van der Waals surface area contributed by atoms with Crippen LogP contribution < -0.4 is 10.2 Å². The number of anilines is 2. The third-order valence-corrected chi connectivity index (χ3v) is 5.11. The quantitative estimate of drug-likeness (QED) is 0.607. The first kappa shape index (κ1) is 19.4. The van der Waals surface area contributed by atoms with E-state index in [0.29, 0.717) is 30.3 Å². The number of amides is 1. The lowest BCUT2D eigenvalue weighted by molar-refractivity contribution is -0.0370. The topological polar surface area (TPSA) is 105 Å². The van der Waals surface area contributed by atoms with Crippen LogP contribution >= 0.6 is 11.6 Å². The van der Waals surface area contributed by atoms with Crippen LogP contribution in [-0.2, 0) is 11.3 Å². The van der Waals surface area contributed by atoms with Gasteiger partial charge in [-0.15, -0.1) is 0 Å². The Bertz CT molecular complexity index is 1030.